The summed E-state index contributed by atoms with van der Waals surface area (Å²) in [5.41, 5.74) is 10.9. The van der Waals surface area contributed by atoms with Crippen molar-refractivity contribution in [1.82, 2.24) is 0 Å². The molecule has 7 aromatic carbocycles. The first kappa shape index (κ1) is 29.0. The molecule has 0 amide bonds. The Labute approximate surface area is 272 Å². The third kappa shape index (κ3) is 5.29. The Morgan fingerprint density at radius 1 is 0.565 bits per heavy atom. The van der Waals surface area contributed by atoms with Gasteiger partial charge in [0.15, 0.2) is 0 Å². The molecule has 46 heavy (non-hydrogen) atoms. The molecule has 7 rings (SSSR count). The molecule has 0 aliphatic rings. The molecule has 7 aromatic rings. The van der Waals surface area contributed by atoms with Gasteiger partial charge in [0.05, 0.1) is 0 Å². The molecule has 0 heterocycles. The van der Waals surface area contributed by atoms with Gasteiger partial charge in [-0.25, -0.2) is 0 Å². The zero-order valence-electron chi connectivity index (χ0n) is 26.2. The molecule has 0 unspecified atom stereocenters. The highest BCUT2D eigenvalue weighted by Gasteiger charge is 2.20. The molecule has 0 N–H and O–H groups in total. The van der Waals surface area contributed by atoms with Gasteiger partial charge in [-0.3, -0.25) is 0 Å². The maximum Gasteiger partial charge on any atom is -0.00199 e. The smallest absolute Gasteiger partial charge is 0.00199 e. The molecule has 0 heteroatoms. The van der Waals surface area contributed by atoms with Gasteiger partial charge in [-0.05, 0) is 102 Å². The Kier molecular flexibility index (Phi) is 8.02. The van der Waals surface area contributed by atoms with Crippen LogP contribution in [0.3, 0.4) is 0 Å². The SMILES string of the molecule is C=Cc1c(-c2c3ccccc3c(C(C)=CC(=CCc3ccccc3)c3ccccc3)c3ccccc23)cc2ccccc2c1C=C. The van der Waals surface area contributed by atoms with Crippen molar-refractivity contribution in [2.75, 3.05) is 0 Å². The van der Waals surface area contributed by atoms with Crippen molar-refractivity contribution in [1.29, 1.82) is 0 Å². The van der Waals surface area contributed by atoms with Crippen molar-refractivity contribution >= 4 is 55.6 Å². The number of hydrogen-bond acceptors (Lipinski definition) is 0. The fourth-order valence-electron chi connectivity index (χ4n) is 6.92. The van der Waals surface area contributed by atoms with Crippen LogP contribution in [0.1, 0.15) is 34.7 Å². The lowest BCUT2D eigenvalue weighted by molar-refractivity contribution is 1.27. The van der Waals surface area contributed by atoms with E-state index in [1.165, 1.54) is 71.3 Å². The van der Waals surface area contributed by atoms with Crippen LogP contribution in [0.2, 0.25) is 0 Å². The summed E-state index contributed by atoms with van der Waals surface area (Å²) < 4.78 is 0. The molecule has 0 aromatic heterocycles. The molecular weight excluding hydrogens is 553 g/mol. The van der Waals surface area contributed by atoms with E-state index in [0.29, 0.717) is 0 Å². The van der Waals surface area contributed by atoms with E-state index < -0.39 is 0 Å². The number of rotatable bonds is 8. The summed E-state index contributed by atoms with van der Waals surface area (Å²) in [5, 5.41) is 7.32. The summed E-state index contributed by atoms with van der Waals surface area (Å²) in [6, 6.07) is 50.0. The van der Waals surface area contributed by atoms with Crippen molar-refractivity contribution in [2.45, 2.75) is 13.3 Å². The van der Waals surface area contributed by atoms with Crippen molar-refractivity contribution in [3.63, 3.8) is 0 Å². The molecule has 0 aliphatic carbocycles. The summed E-state index contributed by atoms with van der Waals surface area (Å²) in [7, 11) is 0. The number of hydrogen-bond donors (Lipinski definition) is 0. The molecule has 220 valence electrons. The summed E-state index contributed by atoms with van der Waals surface area (Å²) >= 11 is 0. The molecule has 0 aliphatic heterocycles. The standard InChI is InChI=1S/C46H36/c1-4-37-38(5-2)44(31-36-22-12-13-23-39(36)37)46-42-26-16-14-24-40(42)45(41-25-15-17-27-43(41)46)32(3)30-35(34-20-10-7-11-21-34)29-28-33-18-8-6-9-19-33/h4-27,29-31H,1-2,28H2,3H3. The molecule has 0 saturated heterocycles. The van der Waals surface area contributed by atoms with Crippen LogP contribution in [0, 0.1) is 0 Å². The van der Waals surface area contributed by atoms with Gasteiger partial charge in [0.2, 0.25) is 0 Å². The number of fused-ring (bicyclic) bond motifs is 3. The minimum absolute atomic E-state index is 0.868. The second-order valence-corrected chi connectivity index (χ2v) is 11.8. The lowest BCUT2D eigenvalue weighted by Crippen LogP contribution is -1.96. The molecule has 0 saturated carbocycles. The Morgan fingerprint density at radius 2 is 1.09 bits per heavy atom. The van der Waals surface area contributed by atoms with Gasteiger partial charge >= 0.3 is 0 Å². The third-order valence-electron chi connectivity index (χ3n) is 9.01. The van der Waals surface area contributed by atoms with E-state index in [0.717, 1.165) is 17.5 Å². The number of allylic oxidation sites excluding steroid dienone is 4. The first-order chi connectivity index (χ1) is 22.7. The molecule has 0 spiro atoms. The average Bonchev–Trinajstić information content (AvgIpc) is 3.12. The van der Waals surface area contributed by atoms with Gasteiger partial charge in [-0.15, -0.1) is 0 Å². The minimum Gasteiger partial charge on any atom is -0.0984 e. The quantitative estimate of drug-likeness (QED) is 0.122. The van der Waals surface area contributed by atoms with Crippen LogP contribution in [-0.2, 0) is 6.42 Å². The largest absolute Gasteiger partial charge is 0.0984 e. The Bertz CT molecular complexity index is 2240. The average molecular weight is 589 g/mol. The fraction of sp³-hybridized carbons (Fsp3) is 0.0435. The van der Waals surface area contributed by atoms with Crippen LogP contribution >= 0.6 is 0 Å². The van der Waals surface area contributed by atoms with Crippen molar-refractivity contribution in [3.05, 3.63) is 193 Å². The second-order valence-electron chi connectivity index (χ2n) is 11.8. The van der Waals surface area contributed by atoms with E-state index in [4.69, 9.17) is 0 Å². The predicted octanol–water partition coefficient (Wildman–Crippen LogP) is 12.8. The summed E-state index contributed by atoms with van der Waals surface area (Å²) in [5.74, 6) is 0. The van der Waals surface area contributed by atoms with Gasteiger partial charge in [0.1, 0.15) is 0 Å². The Hall–Kier alpha value is -5.72. The van der Waals surface area contributed by atoms with E-state index in [2.05, 4.69) is 172 Å². The van der Waals surface area contributed by atoms with E-state index >= 15 is 0 Å². The lowest BCUT2D eigenvalue weighted by atomic mass is 9.82. The molecule has 0 radical (unpaired) electrons. The first-order valence-corrected chi connectivity index (χ1v) is 15.9. The van der Waals surface area contributed by atoms with Crippen molar-refractivity contribution in [2.24, 2.45) is 0 Å². The molecular formula is C46H36. The van der Waals surface area contributed by atoms with Crippen LogP contribution in [-0.4, -0.2) is 0 Å². The van der Waals surface area contributed by atoms with Gasteiger partial charge in [0, 0.05) is 0 Å². The maximum atomic E-state index is 4.28. The van der Waals surface area contributed by atoms with E-state index in [-0.39, 0.29) is 0 Å². The number of benzene rings is 7. The van der Waals surface area contributed by atoms with Gasteiger partial charge in [0.25, 0.3) is 0 Å². The fourth-order valence-corrected chi connectivity index (χ4v) is 6.92. The highest BCUT2D eigenvalue weighted by molar-refractivity contribution is 6.20. The molecule has 0 bridgehead atoms. The van der Waals surface area contributed by atoms with Crippen LogP contribution in [0.25, 0.3) is 66.7 Å². The molecule has 0 fully saturated rings. The minimum atomic E-state index is 0.868. The van der Waals surface area contributed by atoms with E-state index in [1.807, 2.05) is 12.2 Å². The highest BCUT2D eigenvalue weighted by Crippen LogP contribution is 2.45. The normalized spacial score (nSPS) is 12.1. The van der Waals surface area contributed by atoms with Crippen LogP contribution in [0.4, 0.5) is 0 Å². The monoisotopic (exact) mass is 588 g/mol. The third-order valence-corrected chi connectivity index (χ3v) is 9.01. The molecule has 0 atom stereocenters. The lowest BCUT2D eigenvalue weighted by Gasteiger charge is -2.21. The highest BCUT2D eigenvalue weighted by atomic mass is 14.2. The topological polar surface area (TPSA) is 0 Å². The predicted molar refractivity (Wildman–Crippen MR) is 203 cm³/mol. The summed E-state index contributed by atoms with van der Waals surface area (Å²) in [6.45, 7) is 10.7. The molecule has 0 nitrogen and oxygen atoms in total. The second kappa shape index (κ2) is 12.7. The van der Waals surface area contributed by atoms with Crippen molar-refractivity contribution in [3.8, 4) is 11.1 Å². The van der Waals surface area contributed by atoms with Crippen LogP contribution < -0.4 is 0 Å². The van der Waals surface area contributed by atoms with Crippen LogP contribution in [0.5, 0.6) is 0 Å². The Balaban J connectivity index is 1.51. The van der Waals surface area contributed by atoms with Gasteiger partial charge in [-0.1, -0.05) is 171 Å². The van der Waals surface area contributed by atoms with E-state index in [9.17, 15) is 0 Å². The van der Waals surface area contributed by atoms with Gasteiger partial charge in [-0.2, -0.15) is 0 Å². The van der Waals surface area contributed by atoms with Crippen LogP contribution in [0.15, 0.2) is 165 Å². The zero-order chi connectivity index (χ0) is 31.5. The maximum absolute atomic E-state index is 4.28. The zero-order valence-corrected chi connectivity index (χ0v) is 26.2. The summed E-state index contributed by atoms with van der Waals surface area (Å²) in [6.07, 6.45) is 9.56. The summed E-state index contributed by atoms with van der Waals surface area (Å²) in [4.78, 5) is 0. The van der Waals surface area contributed by atoms with Gasteiger partial charge < -0.3 is 0 Å². The Morgan fingerprint density at radius 3 is 1.70 bits per heavy atom. The first-order valence-electron chi connectivity index (χ1n) is 15.9. The van der Waals surface area contributed by atoms with E-state index in [1.54, 1.807) is 0 Å². The van der Waals surface area contributed by atoms with Crippen molar-refractivity contribution < 1.29 is 0 Å².